The highest BCUT2D eigenvalue weighted by Gasteiger charge is 2.12. The Bertz CT molecular complexity index is 960. The van der Waals surface area contributed by atoms with E-state index in [1.165, 1.54) is 22.9 Å². The number of anilines is 1. The molecule has 1 N–H and O–H groups in total. The number of thioether (sulfide) groups is 1. The van der Waals surface area contributed by atoms with Gasteiger partial charge in [0.15, 0.2) is 0 Å². The van der Waals surface area contributed by atoms with Crippen molar-refractivity contribution in [1.29, 1.82) is 0 Å². The number of aryl methyl sites for hydroxylation is 3. The van der Waals surface area contributed by atoms with Gasteiger partial charge in [-0.2, -0.15) is 0 Å². The fourth-order valence-electron chi connectivity index (χ4n) is 2.53. The van der Waals surface area contributed by atoms with Crippen molar-refractivity contribution in [3.05, 3.63) is 71.5 Å². The third-order valence-electron chi connectivity index (χ3n) is 3.93. The number of hydrogen-bond acceptors (Lipinski definition) is 5. The molecular formula is C21H21N3OS2. The van der Waals surface area contributed by atoms with Crippen LogP contribution in [0.4, 0.5) is 5.69 Å². The summed E-state index contributed by atoms with van der Waals surface area (Å²) in [6.07, 6.45) is 3.34. The first-order chi connectivity index (χ1) is 13.0. The second-order valence-corrected chi connectivity index (χ2v) is 8.18. The van der Waals surface area contributed by atoms with Gasteiger partial charge < -0.3 is 5.32 Å². The van der Waals surface area contributed by atoms with Crippen LogP contribution in [-0.4, -0.2) is 21.6 Å². The van der Waals surface area contributed by atoms with Crippen molar-refractivity contribution in [3.8, 4) is 0 Å². The number of nitrogens with zero attached hydrogens (tertiary/aromatic N) is 2. The Morgan fingerprint density at radius 1 is 0.963 bits per heavy atom. The zero-order valence-electron chi connectivity index (χ0n) is 15.5. The van der Waals surface area contributed by atoms with Gasteiger partial charge in [0.25, 0.3) is 0 Å². The molecule has 1 heterocycles. The molecule has 3 aromatic rings. The van der Waals surface area contributed by atoms with Crippen LogP contribution in [0.5, 0.6) is 0 Å². The summed E-state index contributed by atoms with van der Waals surface area (Å²) < 4.78 is 0. The van der Waals surface area contributed by atoms with Crippen molar-refractivity contribution in [2.75, 3.05) is 11.1 Å². The number of nitrogens with one attached hydrogen (secondary N) is 1. The number of hydrogen-bond donors (Lipinski definition) is 1. The zero-order valence-corrected chi connectivity index (χ0v) is 17.2. The highest BCUT2D eigenvalue weighted by molar-refractivity contribution is 8.02. The van der Waals surface area contributed by atoms with Gasteiger partial charge in [-0.15, -0.1) is 0 Å². The normalized spacial score (nSPS) is 10.6. The quantitative estimate of drug-likeness (QED) is 0.575. The molecule has 138 valence electrons. The Kier molecular flexibility index (Phi) is 6.53. The van der Waals surface area contributed by atoms with Gasteiger partial charge in [0.2, 0.25) is 5.91 Å². The van der Waals surface area contributed by atoms with Crippen LogP contribution in [0, 0.1) is 20.8 Å². The van der Waals surface area contributed by atoms with Gasteiger partial charge in [-0.3, -0.25) is 4.79 Å². The summed E-state index contributed by atoms with van der Waals surface area (Å²) in [5, 5.41) is 4.55. The molecule has 6 heteroatoms. The average Bonchev–Trinajstić information content (AvgIpc) is 2.65. The van der Waals surface area contributed by atoms with E-state index in [2.05, 4.69) is 40.4 Å². The summed E-state index contributed by atoms with van der Waals surface area (Å²) in [7, 11) is 0. The lowest BCUT2D eigenvalue weighted by molar-refractivity contribution is -0.113. The second kappa shape index (κ2) is 9.06. The van der Waals surface area contributed by atoms with Gasteiger partial charge in [0.05, 0.1) is 5.75 Å². The Balaban J connectivity index is 1.66. The van der Waals surface area contributed by atoms with Crippen molar-refractivity contribution in [1.82, 2.24) is 9.97 Å². The molecule has 3 rings (SSSR count). The number of rotatable bonds is 6. The summed E-state index contributed by atoms with van der Waals surface area (Å²) >= 11 is 2.98. The van der Waals surface area contributed by atoms with Gasteiger partial charge in [-0.25, -0.2) is 9.97 Å². The molecule has 0 atom stereocenters. The molecule has 0 saturated heterocycles. The van der Waals surface area contributed by atoms with Gasteiger partial charge in [0, 0.05) is 23.0 Å². The Morgan fingerprint density at radius 2 is 1.70 bits per heavy atom. The molecule has 0 bridgehead atoms. The molecule has 1 amide bonds. The molecule has 0 aliphatic heterocycles. The Hall–Kier alpha value is -2.31. The molecule has 0 aliphatic carbocycles. The highest BCUT2D eigenvalue weighted by Crippen LogP contribution is 2.34. The van der Waals surface area contributed by atoms with Crippen molar-refractivity contribution in [2.45, 2.75) is 35.7 Å². The van der Waals surface area contributed by atoms with Gasteiger partial charge in [-0.1, -0.05) is 59.4 Å². The fraction of sp³-hybridized carbons (Fsp3) is 0.190. The van der Waals surface area contributed by atoms with Gasteiger partial charge in [-0.05, 0) is 44.0 Å². The maximum atomic E-state index is 12.4. The van der Waals surface area contributed by atoms with E-state index in [0.717, 1.165) is 26.2 Å². The molecule has 0 radical (unpaired) electrons. The van der Waals surface area contributed by atoms with E-state index in [0.29, 0.717) is 0 Å². The van der Waals surface area contributed by atoms with E-state index in [1.807, 2.05) is 38.1 Å². The largest absolute Gasteiger partial charge is 0.325 e. The fourth-order valence-corrected chi connectivity index (χ4v) is 4.32. The number of aromatic nitrogens is 2. The molecule has 0 unspecified atom stereocenters. The Labute approximate surface area is 168 Å². The van der Waals surface area contributed by atoms with E-state index < -0.39 is 0 Å². The van der Waals surface area contributed by atoms with Crippen LogP contribution in [0.25, 0.3) is 0 Å². The van der Waals surface area contributed by atoms with Crippen LogP contribution >= 0.6 is 23.5 Å². The molecule has 27 heavy (non-hydrogen) atoms. The molecular weight excluding hydrogens is 374 g/mol. The molecule has 0 aliphatic rings. The SMILES string of the molecule is Cc1ccc(NC(=O)CSc2nccnc2Sc2ccccc2C)c(C)c1. The summed E-state index contributed by atoms with van der Waals surface area (Å²) in [6.45, 7) is 6.11. The molecule has 0 saturated carbocycles. The molecule has 0 spiro atoms. The lowest BCUT2D eigenvalue weighted by Crippen LogP contribution is -2.15. The second-order valence-electron chi connectivity index (χ2n) is 6.19. The minimum absolute atomic E-state index is 0.0514. The smallest absolute Gasteiger partial charge is 0.234 e. The van der Waals surface area contributed by atoms with E-state index in [9.17, 15) is 4.79 Å². The summed E-state index contributed by atoms with van der Waals surface area (Å²) in [5.41, 5.74) is 4.28. The van der Waals surface area contributed by atoms with Gasteiger partial charge in [0.1, 0.15) is 10.1 Å². The molecule has 0 fully saturated rings. The lowest BCUT2D eigenvalue weighted by Gasteiger charge is -2.10. The van der Waals surface area contributed by atoms with Crippen LogP contribution in [0.2, 0.25) is 0 Å². The Morgan fingerprint density at radius 3 is 2.44 bits per heavy atom. The summed E-state index contributed by atoms with van der Waals surface area (Å²) in [5.74, 6) is 0.234. The number of amides is 1. The predicted octanol–water partition coefficient (Wildman–Crippen LogP) is 5.28. The van der Waals surface area contributed by atoms with Crippen LogP contribution in [-0.2, 0) is 4.79 Å². The molecule has 4 nitrogen and oxygen atoms in total. The van der Waals surface area contributed by atoms with Crippen LogP contribution in [0.3, 0.4) is 0 Å². The lowest BCUT2D eigenvalue weighted by atomic mass is 10.1. The van der Waals surface area contributed by atoms with Crippen LogP contribution < -0.4 is 5.32 Å². The zero-order chi connectivity index (χ0) is 19.2. The van der Waals surface area contributed by atoms with E-state index in [1.54, 1.807) is 24.2 Å². The van der Waals surface area contributed by atoms with Crippen molar-refractivity contribution >= 4 is 35.1 Å². The number of carbonyl (C=O) groups is 1. The van der Waals surface area contributed by atoms with E-state index in [-0.39, 0.29) is 11.7 Å². The third kappa shape index (κ3) is 5.34. The standard InChI is InChI=1S/C21H21N3OS2/c1-14-8-9-17(16(3)12-14)24-19(25)13-26-20-21(23-11-10-22-20)27-18-7-5-4-6-15(18)2/h4-12H,13H2,1-3H3,(H,24,25). The number of carbonyl (C=O) groups excluding carboxylic acids is 1. The van der Waals surface area contributed by atoms with Crippen LogP contribution in [0.1, 0.15) is 16.7 Å². The molecule has 1 aromatic heterocycles. The first-order valence-electron chi connectivity index (χ1n) is 8.57. The van der Waals surface area contributed by atoms with Gasteiger partial charge >= 0.3 is 0 Å². The van der Waals surface area contributed by atoms with Crippen LogP contribution in [0.15, 0.2) is 69.8 Å². The minimum Gasteiger partial charge on any atom is -0.325 e. The maximum Gasteiger partial charge on any atom is 0.234 e. The average molecular weight is 396 g/mol. The first kappa shape index (κ1) is 19.5. The summed E-state index contributed by atoms with van der Waals surface area (Å²) in [6, 6.07) is 14.2. The topological polar surface area (TPSA) is 54.9 Å². The van der Waals surface area contributed by atoms with E-state index >= 15 is 0 Å². The first-order valence-corrected chi connectivity index (χ1v) is 10.4. The highest BCUT2D eigenvalue weighted by atomic mass is 32.2. The molecule has 2 aromatic carbocycles. The van der Waals surface area contributed by atoms with E-state index in [4.69, 9.17) is 0 Å². The van der Waals surface area contributed by atoms with Crippen molar-refractivity contribution < 1.29 is 4.79 Å². The number of benzene rings is 2. The van der Waals surface area contributed by atoms with Crippen molar-refractivity contribution in [2.24, 2.45) is 0 Å². The van der Waals surface area contributed by atoms with Crippen molar-refractivity contribution in [3.63, 3.8) is 0 Å². The predicted molar refractivity (Wildman–Crippen MR) is 113 cm³/mol. The minimum atomic E-state index is -0.0514. The summed E-state index contributed by atoms with van der Waals surface area (Å²) in [4.78, 5) is 22.4. The maximum absolute atomic E-state index is 12.4. The third-order valence-corrected chi connectivity index (χ3v) is 6.21. The monoisotopic (exact) mass is 395 g/mol.